The van der Waals surface area contributed by atoms with Gasteiger partial charge in [-0.2, -0.15) is 10.2 Å². The second kappa shape index (κ2) is 7.30. The first-order valence-electron chi connectivity index (χ1n) is 7.03. The van der Waals surface area contributed by atoms with Crippen molar-refractivity contribution in [2.45, 2.75) is 26.8 Å². The van der Waals surface area contributed by atoms with Gasteiger partial charge in [-0.05, 0) is 19.9 Å². The molecule has 120 valence electrons. The number of carbonyl (C=O) groups is 1. The maximum atomic E-state index is 11.7. The van der Waals surface area contributed by atoms with Gasteiger partial charge in [0, 0.05) is 29.8 Å². The van der Waals surface area contributed by atoms with Crippen LogP contribution >= 0.6 is 0 Å². The van der Waals surface area contributed by atoms with E-state index in [1.807, 2.05) is 19.9 Å². The van der Waals surface area contributed by atoms with E-state index in [2.05, 4.69) is 15.6 Å². The predicted molar refractivity (Wildman–Crippen MR) is 85.2 cm³/mol. The fourth-order valence-electron chi connectivity index (χ4n) is 2.06. The maximum Gasteiger partial charge on any atom is 0.270 e. The van der Waals surface area contributed by atoms with Crippen LogP contribution in [0.3, 0.4) is 0 Å². The Bertz CT molecular complexity index is 751. The highest BCUT2D eigenvalue weighted by atomic mass is 16.6. The average molecular weight is 315 g/mol. The van der Waals surface area contributed by atoms with Gasteiger partial charge in [-0.15, -0.1) is 0 Å². The summed E-state index contributed by atoms with van der Waals surface area (Å²) in [5.41, 5.74) is 4.82. The Balaban J connectivity index is 1.85. The number of carbonyl (C=O) groups excluding carboxylic acids is 1. The van der Waals surface area contributed by atoms with Gasteiger partial charge in [0.1, 0.15) is 0 Å². The third kappa shape index (κ3) is 4.73. The number of nitrogens with zero attached hydrogens (tertiary/aromatic N) is 4. The minimum atomic E-state index is -0.482. The Morgan fingerprint density at radius 2 is 2.22 bits per heavy atom. The van der Waals surface area contributed by atoms with Gasteiger partial charge in [-0.1, -0.05) is 12.1 Å². The Labute approximate surface area is 133 Å². The summed E-state index contributed by atoms with van der Waals surface area (Å²) in [4.78, 5) is 21.9. The Morgan fingerprint density at radius 1 is 1.43 bits per heavy atom. The number of aryl methyl sites for hydroxylation is 3. The van der Waals surface area contributed by atoms with E-state index in [1.54, 1.807) is 16.8 Å². The van der Waals surface area contributed by atoms with Gasteiger partial charge < -0.3 is 0 Å². The molecule has 0 aliphatic rings. The maximum absolute atomic E-state index is 11.7. The van der Waals surface area contributed by atoms with Crippen molar-refractivity contribution in [2.75, 3.05) is 0 Å². The van der Waals surface area contributed by atoms with Crippen LogP contribution in [-0.2, 0) is 11.3 Å². The molecule has 23 heavy (non-hydrogen) atoms. The molecule has 0 aliphatic carbocycles. The lowest BCUT2D eigenvalue weighted by molar-refractivity contribution is -0.384. The number of benzene rings is 1. The quantitative estimate of drug-likeness (QED) is 0.500. The summed E-state index contributed by atoms with van der Waals surface area (Å²) in [5, 5.41) is 18.7. The molecule has 0 atom stereocenters. The molecule has 8 nitrogen and oxygen atoms in total. The van der Waals surface area contributed by atoms with E-state index in [4.69, 9.17) is 0 Å². The number of amides is 1. The molecule has 8 heteroatoms. The van der Waals surface area contributed by atoms with Crippen molar-refractivity contribution >= 4 is 17.8 Å². The summed E-state index contributed by atoms with van der Waals surface area (Å²) in [6.45, 7) is 4.29. The summed E-state index contributed by atoms with van der Waals surface area (Å²) in [6.07, 6.45) is 1.61. The van der Waals surface area contributed by atoms with Crippen molar-refractivity contribution < 1.29 is 9.72 Å². The standard InChI is InChI=1S/C15H17N5O3/c1-11-8-12(2)19(18-11)7-6-15(21)17-16-10-13-4-3-5-14(9-13)20(22)23/h3-5,8-10H,6-7H2,1-2H3,(H,17,21)/b16-10-. The SMILES string of the molecule is Cc1cc(C)n(CCC(=O)N/N=C\c2cccc([N+](=O)[O-])c2)n1. The summed E-state index contributed by atoms with van der Waals surface area (Å²) < 4.78 is 1.76. The Morgan fingerprint density at radius 3 is 2.87 bits per heavy atom. The van der Waals surface area contributed by atoms with Crippen LogP contribution in [0.25, 0.3) is 0 Å². The van der Waals surface area contributed by atoms with Gasteiger partial charge in [-0.3, -0.25) is 19.6 Å². The Kier molecular flexibility index (Phi) is 5.19. The molecule has 1 heterocycles. The normalized spacial score (nSPS) is 10.9. The highest BCUT2D eigenvalue weighted by Gasteiger charge is 2.05. The molecular formula is C15H17N5O3. The van der Waals surface area contributed by atoms with Crippen molar-refractivity contribution in [1.29, 1.82) is 0 Å². The second-order valence-corrected chi connectivity index (χ2v) is 5.05. The van der Waals surface area contributed by atoms with Crippen LogP contribution in [0.2, 0.25) is 0 Å². The zero-order chi connectivity index (χ0) is 16.8. The van der Waals surface area contributed by atoms with E-state index >= 15 is 0 Å². The molecule has 0 bridgehead atoms. The summed E-state index contributed by atoms with van der Waals surface area (Å²) >= 11 is 0. The molecule has 1 aromatic carbocycles. The van der Waals surface area contributed by atoms with Gasteiger partial charge in [0.25, 0.3) is 5.69 Å². The Hall–Kier alpha value is -3.03. The highest BCUT2D eigenvalue weighted by molar-refractivity contribution is 5.83. The number of hydrogen-bond acceptors (Lipinski definition) is 5. The molecule has 1 amide bonds. The third-order valence-corrected chi connectivity index (χ3v) is 3.14. The molecular weight excluding hydrogens is 298 g/mol. The monoisotopic (exact) mass is 315 g/mol. The van der Waals surface area contributed by atoms with Crippen molar-refractivity contribution in [1.82, 2.24) is 15.2 Å². The van der Waals surface area contributed by atoms with Crippen LogP contribution in [-0.4, -0.2) is 26.8 Å². The lowest BCUT2D eigenvalue weighted by Gasteiger charge is -2.03. The van der Waals surface area contributed by atoms with Crippen LogP contribution in [0.4, 0.5) is 5.69 Å². The summed E-state index contributed by atoms with van der Waals surface area (Å²) in [6, 6.07) is 7.94. The lowest BCUT2D eigenvalue weighted by atomic mass is 10.2. The van der Waals surface area contributed by atoms with Crippen molar-refractivity contribution in [3.8, 4) is 0 Å². The number of aromatic nitrogens is 2. The van der Waals surface area contributed by atoms with E-state index in [0.29, 0.717) is 12.1 Å². The zero-order valence-electron chi connectivity index (χ0n) is 12.9. The van der Waals surface area contributed by atoms with Gasteiger partial charge in [0.2, 0.25) is 5.91 Å². The van der Waals surface area contributed by atoms with Gasteiger partial charge in [0.15, 0.2) is 0 Å². The number of rotatable bonds is 6. The van der Waals surface area contributed by atoms with Crippen LogP contribution in [0.5, 0.6) is 0 Å². The molecule has 0 radical (unpaired) electrons. The lowest BCUT2D eigenvalue weighted by Crippen LogP contribution is -2.20. The van der Waals surface area contributed by atoms with Gasteiger partial charge >= 0.3 is 0 Å². The fraction of sp³-hybridized carbons (Fsp3) is 0.267. The molecule has 1 N–H and O–H groups in total. The van der Waals surface area contributed by atoms with Crippen molar-refractivity contribution in [2.24, 2.45) is 5.10 Å². The van der Waals surface area contributed by atoms with E-state index in [-0.39, 0.29) is 18.0 Å². The summed E-state index contributed by atoms with van der Waals surface area (Å²) in [7, 11) is 0. The molecule has 0 spiro atoms. The minimum Gasteiger partial charge on any atom is -0.273 e. The number of hydrazone groups is 1. The van der Waals surface area contributed by atoms with Crippen LogP contribution < -0.4 is 5.43 Å². The molecule has 2 aromatic rings. The van der Waals surface area contributed by atoms with Crippen LogP contribution in [0.1, 0.15) is 23.4 Å². The predicted octanol–water partition coefficient (Wildman–Crippen LogP) is 1.95. The van der Waals surface area contributed by atoms with Crippen molar-refractivity contribution in [3.63, 3.8) is 0 Å². The average Bonchev–Trinajstić information content (AvgIpc) is 2.83. The first-order chi connectivity index (χ1) is 11.0. The number of non-ortho nitro benzene ring substituents is 1. The summed E-state index contributed by atoms with van der Waals surface area (Å²) in [5.74, 6) is -0.251. The molecule has 0 saturated heterocycles. The van der Waals surface area contributed by atoms with E-state index in [1.165, 1.54) is 18.3 Å². The number of hydrogen-bond donors (Lipinski definition) is 1. The van der Waals surface area contributed by atoms with Crippen molar-refractivity contribution in [3.05, 3.63) is 57.4 Å². The second-order valence-electron chi connectivity index (χ2n) is 5.05. The molecule has 0 unspecified atom stereocenters. The van der Waals surface area contributed by atoms with E-state index < -0.39 is 4.92 Å². The molecule has 0 aliphatic heterocycles. The van der Waals surface area contributed by atoms with Gasteiger partial charge in [0.05, 0.1) is 23.4 Å². The molecule has 0 fully saturated rings. The smallest absolute Gasteiger partial charge is 0.270 e. The number of nitro benzene ring substituents is 1. The highest BCUT2D eigenvalue weighted by Crippen LogP contribution is 2.11. The largest absolute Gasteiger partial charge is 0.273 e. The van der Waals surface area contributed by atoms with Crippen LogP contribution in [0.15, 0.2) is 35.4 Å². The number of nitro groups is 1. The zero-order valence-corrected chi connectivity index (χ0v) is 12.9. The molecule has 1 aromatic heterocycles. The fourth-order valence-corrected chi connectivity index (χ4v) is 2.06. The first kappa shape index (κ1) is 16.3. The topological polar surface area (TPSA) is 102 Å². The van der Waals surface area contributed by atoms with Crippen LogP contribution in [0, 0.1) is 24.0 Å². The molecule has 2 rings (SSSR count). The first-order valence-corrected chi connectivity index (χ1v) is 7.03. The van der Waals surface area contributed by atoms with E-state index in [9.17, 15) is 14.9 Å². The molecule has 0 saturated carbocycles. The number of nitrogens with one attached hydrogen (secondary N) is 1. The van der Waals surface area contributed by atoms with E-state index in [0.717, 1.165) is 11.4 Å². The third-order valence-electron chi connectivity index (χ3n) is 3.14. The van der Waals surface area contributed by atoms with Gasteiger partial charge in [-0.25, -0.2) is 5.43 Å². The minimum absolute atomic E-state index is 0.0233.